The molecule has 0 spiro atoms. The van der Waals surface area contributed by atoms with E-state index in [-0.39, 0.29) is 0 Å². The number of rotatable bonds is 0. The van der Waals surface area contributed by atoms with Crippen molar-refractivity contribution in [2.45, 2.75) is 6.18 Å². The molecule has 1 N–H and O–H groups in total. The summed E-state index contributed by atoms with van der Waals surface area (Å²) in [5.41, 5.74) is -0.774. The van der Waals surface area contributed by atoms with Gasteiger partial charge in [0.1, 0.15) is 5.56 Å². The molecule has 0 radical (unpaired) electrons. The zero-order valence-corrected chi connectivity index (χ0v) is 7.42. The van der Waals surface area contributed by atoms with Gasteiger partial charge in [-0.1, -0.05) is 18.2 Å². The molecule has 0 aliphatic rings. The molecule has 78 valence electrons. The molecule has 0 amide bonds. The monoisotopic (exact) mass is 213 g/mol. The Morgan fingerprint density at radius 2 is 1.80 bits per heavy atom. The number of fused-ring (bicyclic) bond motifs is 1. The third-order valence-corrected chi connectivity index (χ3v) is 2.01. The maximum atomic E-state index is 12.4. The van der Waals surface area contributed by atoms with Gasteiger partial charge in [-0.05, 0) is 12.1 Å². The van der Waals surface area contributed by atoms with Crippen LogP contribution in [0.1, 0.15) is 5.56 Å². The summed E-state index contributed by atoms with van der Waals surface area (Å²) in [5, 5.41) is 9.46. The predicted octanol–water partition coefficient (Wildman–Crippen LogP) is 2.96. The van der Waals surface area contributed by atoms with Crippen LogP contribution in [-0.4, -0.2) is 10.1 Å². The average Bonchev–Trinajstić information content (AvgIpc) is 2.15. The van der Waals surface area contributed by atoms with E-state index in [1.165, 1.54) is 12.1 Å². The lowest BCUT2D eigenvalue weighted by atomic mass is 10.1. The minimum atomic E-state index is -4.58. The van der Waals surface area contributed by atoms with E-state index in [1.54, 1.807) is 12.1 Å². The van der Waals surface area contributed by atoms with Gasteiger partial charge in [0.15, 0.2) is 0 Å². The highest BCUT2D eigenvalue weighted by atomic mass is 19.4. The summed E-state index contributed by atoms with van der Waals surface area (Å²) in [6.45, 7) is 0. The van der Waals surface area contributed by atoms with Crippen molar-refractivity contribution in [3.63, 3.8) is 0 Å². The van der Waals surface area contributed by atoms with E-state index in [0.29, 0.717) is 10.9 Å². The fraction of sp³-hybridized carbons (Fsp3) is 0.100. The molecule has 1 aromatic heterocycles. The predicted molar refractivity (Wildman–Crippen MR) is 48.4 cm³/mol. The van der Waals surface area contributed by atoms with Crippen LogP contribution in [0, 0.1) is 0 Å². The number of aromatic hydroxyl groups is 1. The number of hydrogen-bond donors (Lipinski definition) is 1. The molecule has 2 aromatic rings. The second-order valence-corrected chi connectivity index (χ2v) is 3.05. The molecular formula is C10H6F3NO. The van der Waals surface area contributed by atoms with Crippen LogP contribution in [0.15, 0.2) is 30.3 Å². The Morgan fingerprint density at radius 1 is 1.13 bits per heavy atom. The molecular weight excluding hydrogens is 207 g/mol. The molecule has 1 aromatic carbocycles. The van der Waals surface area contributed by atoms with Crippen molar-refractivity contribution in [2.24, 2.45) is 0 Å². The quantitative estimate of drug-likeness (QED) is 0.729. The van der Waals surface area contributed by atoms with Crippen LogP contribution in [0.25, 0.3) is 10.9 Å². The summed E-state index contributed by atoms with van der Waals surface area (Å²) in [7, 11) is 0. The van der Waals surface area contributed by atoms with Crippen molar-refractivity contribution in [1.29, 1.82) is 0 Å². The highest BCUT2D eigenvalue weighted by Crippen LogP contribution is 2.36. The highest BCUT2D eigenvalue weighted by molar-refractivity contribution is 5.80. The smallest absolute Gasteiger partial charge is 0.421 e. The third kappa shape index (κ3) is 1.72. The first-order chi connectivity index (χ1) is 6.98. The molecule has 1 heterocycles. The van der Waals surface area contributed by atoms with Crippen LogP contribution in [-0.2, 0) is 6.18 Å². The van der Waals surface area contributed by atoms with Gasteiger partial charge in [-0.15, -0.1) is 0 Å². The van der Waals surface area contributed by atoms with Gasteiger partial charge in [0.05, 0.1) is 5.52 Å². The summed E-state index contributed by atoms with van der Waals surface area (Å²) in [4.78, 5) is 3.48. The molecule has 0 unspecified atom stereocenters. The molecule has 2 nitrogen and oxygen atoms in total. The Hall–Kier alpha value is -1.78. The van der Waals surface area contributed by atoms with Gasteiger partial charge in [-0.25, -0.2) is 4.98 Å². The lowest BCUT2D eigenvalue weighted by molar-refractivity contribution is -0.139. The molecule has 2 rings (SSSR count). The Morgan fingerprint density at radius 3 is 2.47 bits per heavy atom. The fourth-order valence-electron chi connectivity index (χ4n) is 1.31. The van der Waals surface area contributed by atoms with Crippen molar-refractivity contribution in [3.8, 4) is 5.88 Å². The van der Waals surface area contributed by atoms with Crippen LogP contribution >= 0.6 is 0 Å². The Kier molecular flexibility index (Phi) is 2.03. The number of para-hydroxylation sites is 1. The van der Waals surface area contributed by atoms with Gasteiger partial charge >= 0.3 is 6.18 Å². The number of hydrogen-bond acceptors (Lipinski definition) is 2. The summed E-state index contributed by atoms with van der Waals surface area (Å²) >= 11 is 0. The molecule has 0 saturated carbocycles. The van der Waals surface area contributed by atoms with Gasteiger partial charge in [0, 0.05) is 5.39 Å². The number of alkyl halides is 3. The van der Waals surface area contributed by atoms with E-state index in [2.05, 4.69) is 4.98 Å². The standard InChI is InChI=1S/C10H6F3NO/c11-10(12,13)7-5-6-3-1-2-4-8(6)14-9(7)15/h1-5H,(H,14,15). The molecule has 0 aliphatic heterocycles. The SMILES string of the molecule is Oc1nc2ccccc2cc1C(F)(F)F. The maximum Gasteiger partial charge on any atom is 0.421 e. The van der Waals surface area contributed by atoms with E-state index in [9.17, 15) is 13.2 Å². The normalized spacial score (nSPS) is 11.9. The fourth-order valence-corrected chi connectivity index (χ4v) is 1.31. The first-order valence-electron chi connectivity index (χ1n) is 4.14. The van der Waals surface area contributed by atoms with Crippen molar-refractivity contribution < 1.29 is 18.3 Å². The molecule has 0 bridgehead atoms. The average molecular weight is 213 g/mol. The largest absolute Gasteiger partial charge is 0.493 e. The third-order valence-electron chi connectivity index (χ3n) is 2.01. The van der Waals surface area contributed by atoms with Crippen LogP contribution in [0.3, 0.4) is 0 Å². The summed E-state index contributed by atoms with van der Waals surface area (Å²) in [6.07, 6.45) is -4.58. The van der Waals surface area contributed by atoms with Gasteiger partial charge in [-0.2, -0.15) is 13.2 Å². The second-order valence-electron chi connectivity index (χ2n) is 3.05. The first-order valence-corrected chi connectivity index (χ1v) is 4.14. The molecule has 15 heavy (non-hydrogen) atoms. The van der Waals surface area contributed by atoms with Crippen molar-refractivity contribution in [2.75, 3.05) is 0 Å². The van der Waals surface area contributed by atoms with E-state index >= 15 is 0 Å². The number of nitrogens with zero attached hydrogens (tertiary/aromatic N) is 1. The van der Waals surface area contributed by atoms with Gasteiger partial charge in [0.25, 0.3) is 0 Å². The molecule has 0 fully saturated rings. The van der Waals surface area contributed by atoms with Crippen molar-refractivity contribution in [1.82, 2.24) is 4.98 Å². The molecule has 5 heteroatoms. The zero-order chi connectivity index (χ0) is 11.1. The first kappa shape index (κ1) is 9.76. The minimum Gasteiger partial charge on any atom is -0.493 e. The summed E-state index contributed by atoms with van der Waals surface area (Å²) < 4.78 is 37.1. The molecule has 0 aliphatic carbocycles. The van der Waals surface area contributed by atoms with E-state index in [4.69, 9.17) is 5.11 Å². The molecule has 0 atom stereocenters. The number of halogens is 3. The minimum absolute atomic E-state index is 0.336. The summed E-state index contributed by atoms with van der Waals surface area (Å²) in [5.74, 6) is -0.985. The number of benzene rings is 1. The van der Waals surface area contributed by atoms with Gasteiger partial charge < -0.3 is 5.11 Å². The van der Waals surface area contributed by atoms with Crippen molar-refractivity contribution in [3.05, 3.63) is 35.9 Å². The number of pyridine rings is 1. The highest BCUT2D eigenvalue weighted by Gasteiger charge is 2.34. The van der Waals surface area contributed by atoms with Crippen LogP contribution < -0.4 is 0 Å². The van der Waals surface area contributed by atoms with Gasteiger partial charge in [-0.3, -0.25) is 0 Å². The van der Waals surface area contributed by atoms with E-state index in [1.807, 2.05) is 0 Å². The van der Waals surface area contributed by atoms with Gasteiger partial charge in [0.2, 0.25) is 5.88 Å². The summed E-state index contributed by atoms with van der Waals surface area (Å²) in [6, 6.07) is 7.19. The topological polar surface area (TPSA) is 33.1 Å². The lowest BCUT2D eigenvalue weighted by Gasteiger charge is -2.08. The maximum absolute atomic E-state index is 12.4. The van der Waals surface area contributed by atoms with Crippen LogP contribution in [0.4, 0.5) is 13.2 Å². The second kappa shape index (κ2) is 3.12. The Balaban J connectivity index is 2.73. The Bertz CT molecular complexity index is 507. The molecule has 0 saturated heterocycles. The van der Waals surface area contributed by atoms with Crippen molar-refractivity contribution >= 4 is 10.9 Å². The van der Waals surface area contributed by atoms with E-state index < -0.39 is 17.6 Å². The Labute approximate surface area is 83.0 Å². The lowest BCUT2D eigenvalue weighted by Crippen LogP contribution is -2.06. The number of aromatic nitrogens is 1. The van der Waals surface area contributed by atoms with E-state index in [0.717, 1.165) is 6.07 Å². The van der Waals surface area contributed by atoms with Crippen LogP contribution in [0.2, 0.25) is 0 Å². The zero-order valence-electron chi connectivity index (χ0n) is 7.42. The van der Waals surface area contributed by atoms with Crippen LogP contribution in [0.5, 0.6) is 5.88 Å².